The van der Waals surface area contributed by atoms with Crippen molar-refractivity contribution >= 4 is 32.3 Å². The van der Waals surface area contributed by atoms with E-state index < -0.39 is 5.41 Å². The molecule has 7 aromatic carbocycles. The SMILES string of the molecule is CC1(C)c2cc3c4ccccc4c4ccccc4c3cc2C(C)(C)C2C=C(C(c3ccccc3)(c3ccccc3)c3ccccc3)C=CC21. The Kier molecular flexibility index (Phi) is 6.66. The van der Waals surface area contributed by atoms with Crippen LogP contribution in [0.2, 0.25) is 0 Å². The van der Waals surface area contributed by atoms with E-state index in [1.165, 1.54) is 65.7 Å². The standard InChI is InChI=1S/C49H42/c1-47(2)43-29-28-36(49(33-18-8-5-9-19-33,34-20-10-6-11-21-34)35-22-12-7-13-23-35)30-44(43)48(3,4)46-32-42-40-27-17-15-25-38(40)37-24-14-16-26-39(37)41(42)31-45(46)47/h5-32,43-44H,1-4H3. The molecular weight excluding hydrogens is 589 g/mol. The highest BCUT2D eigenvalue weighted by Gasteiger charge is 2.52. The second-order valence-corrected chi connectivity index (χ2v) is 15.4. The molecule has 0 fully saturated rings. The van der Waals surface area contributed by atoms with Crippen molar-refractivity contribution in [2.45, 2.75) is 43.9 Å². The normalized spacial score (nSPS) is 19.4. The van der Waals surface area contributed by atoms with Gasteiger partial charge >= 0.3 is 0 Å². The Morgan fingerprint density at radius 1 is 0.408 bits per heavy atom. The molecule has 0 aromatic heterocycles. The fourth-order valence-corrected chi connectivity index (χ4v) is 9.72. The van der Waals surface area contributed by atoms with Crippen LogP contribution in [0.3, 0.4) is 0 Å². The maximum absolute atomic E-state index is 2.67. The molecular formula is C49H42. The molecule has 9 rings (SSSR count). The quantitative estimate of drug-likeness (QED) is 0.134. The lowest BCUT2D eigenvalue weighted by Gasteiger charge is -2.54. The van der Waals surface area contributed by atoms with Crippen LogP contribution < -0.4 is 0 Å². The minimum atomic E-state index is -0.454. The van der Waals surface area contributed by atoms with E-state index in [1.807, 2.05) is 0 Å². The first-order valence-electron chi connectivity index (χ1n) is 17.8. The Labute approximate surface area is 290 Å². The maximum Gasteiger partial charge on any atom is 0.0698 e. The molecule has 2 aliphatic carbocycles. The van der Waals surface area contributed by atoms with Gasteiger partial charge in [0, 0.05) is 0 Å². The van der Waals surface area contributed by atoms with Gasteiger partial charge in [-0.05, 0) is 101 Å². The van der Waals surface area contributed by atoms with E-state index in [1.54, 1.807) is 0 Å². The third-order valence-electron chi connectivity index (χ3n) is 12.2. The third kappa shape index (κ3) is 4.23. The Balaban J connectivity index is 1.32. The van der Waals surface area contributed by atoms with Crippen LogP contribution in [0.25, 0.3) is 32.3 Å². The molecule has 0 nitrogen and oxygen atoms in total. The van der Waals surface area contributed by atoms with Crippen LogP contribution in [0, 0.1) is 11.8 Å². The summed E-state index contributed by atoms with van der Waals surface area (Å²) in [5.41, 5.74) is 7.55. The van der Waals surface area contributed by atoms with Gasteiger partial charge in [-0.15, -0.1) is 0 Å². The topological polar surface area (TPSA) is 0 Å². The number of fused-ring (bicyclic) bond motifs is 8. The smallest absolute Gasteiger partial charge is 0.0698 e. The number of benzene rings is 7. The van der Waals surface area contributed by atoms with Gasteiger partial charge in [-0.3, -0.25) is 0 Å². The number of hydrogen-bond acceptors (Lipinski definition) is 0. The van der Waals surface area contributed by atoms with Crippen molar-refractivity contribution in [3.8, 4) is 0 Å². The van der Waals surface area contributed by atoms with Crippen LogP contribution >= 0.6 is 0 Å². The van der Waals surface area contributed by atoms with Crippen LogP contribution in [0.15, 0.2) is 175 Å². The summed E-state index contributed by atoms with van der Waals surface area (Å²) in [6.45, 7) is 9.96. The summed E-state index contributed by atoms with van der Waals surface area (Å²) >= 11 is 0. The van der Waals surface area contributed by atoms with Gasteiger partial charge in [-0.25, -0.2) is 0 Å². The molecule has 7 aromatic rings. The van der Waals surface area contributed by atoms with Crippen molar-refractivity contribution in [3.05, 3.63) is 203 Å². The molecule has 0 heterocycles. The lowest BCUT2D eigenvalue weighted by atomic mass is 9.49. The highest BCUT2D eigenvalue weighted by Crippen LogP contribution is 2.58. The Morgan fingerprint density at radius 3 is 1.16 bits per heavy atom. The molecule has 0 aliphatic heterocycles. The Bertz CT molecular complexity index is 2330. The largest absolute Gasteiger partial charge is 0.0796 e. The van der Waals surface area contributed by atoms with Crippen LogP contribution in [-0.2, 0) is 16.2 Å². The van der Waals surface area contributed by atoms with Gasteiger partial charge in [0.15, 0.2) is 0 Å². The van der Waals surface area contributed by atoms with Crippen LogP contribution in [0.4, 0.5) is 0 Å². The summed E-state index contributed by atoms with van der Waals surface area (Å²) in [7, 11) is 0. The molecule has 0 amide bonds. The summed E-state index contributed by atoms with van der Waals surface area (Å²) < 4.78 is 0. The van der Waals surface area contributed by atoms with Gasteiger partial charge in [0.25, 0.3) is 0 Å². The first-order chi connectivity index (χ1) is 23.8. The lowest BCUT2D eigenvalue weighted by molar-refractivity contribution is 0.188. The van der Waals surface area contributed by atoms with Crippen molar-refractivity contribution in [2.75, 3.05) is 0 Å². The van der Waals surface area contributed by atoms with Gasteiger partial charge < -0.3 is 0 Å². The Morgan fingerprint density at radius 2 is 0.755 bits per heavy atom. The highest BCUT2D eigenvalue weighted by atomic mass is 14.5. The molecule has 0 spiro atoms. The molecule has 238 valence electrons. The third-order valence-corrected chi connectivity index (χ3v) is 12.2. The summed E-state index contributed by atoms with van der Waals surface area (Å²) in [5.74, 6) is 0.651. The summed E-state index contributed by atoms with van der Waals surface area (Å²) in [4.78, 5) is 0. The van der Waals surface area contributed by atoms with E-state index in [2.05, 4.69) is 198 Å². The van der Waals surface area contributed by atoms with Crippen molar-refractivity contribution in [1.82, 2.24) is 0 Å². The first kappa shape index (κ1) is 29.9. The molecule has 0 radical (unpaired) electrons. The lowest BCUT2D eigenvalue weighted by Crippen LogP contribution is -2.49. The zero-order valence-corrected chi connectivity index (χ0v) is 28.8. The minimum absolute atomic E-state index is 0.0656. The van der Waals surface area contributed by atoms with Gasteiger partial charge in [-0.2, -0.15) is 0 Å². The fourth-order valence-electron chi connectivity index (χ4n) is 9.72. The molecule has 2 aliphatic rings. The van der Waals surface area contributed by atoms with E-state index in [0.717, 1.165) is 0 Å². The maximum atomic E-state index is 2.67. The van der Waals surface area contributed by atoms with Crippen molar-refractivity contribution in [1.29, 1.82) is 0 Å². The minimum Gasteiger partial charge on any atom is -0.0796 e. The molecule has 0 N–H and O–H groups in total. The van der Waals surface area contributed by atoms with E-state index in [-0.39, 0.29) is 10.8 Å². The van der Waals surface area contributed by atoms with Gasteiger partial charge in [0.05, 0.1) is 5.41 Å². The molecule has 0 saturated carbocycles. The Hall–Kier alpha value is -5.20. The van der Waals surface area contributed by atoms with E-state index in [4.69, 9.17) is 0 Å². The molecule has 0 bridgehead atoms. The zero-order valence-electron chi connectivity index (χ0n) is 28.8. The number of rotatable bonds is 4. The van der Waals surface area contributed by atoms with Gasteiger partial charge in [0.2, 0.25) is 0 Å². The number of allylic oxidation sites excluding steroid dienone is 4. The average molecular weight is 631 g/mol. The number of hydrogen-bond donors (Lipinski definition) is 0. The van der Waals surface area contributed by atoms with Crippen molar-refractivity contribution < 1.29 is 0 Å². The summed E-state index contributed by atoms with van der Waals surface area (Å²) in [5, 5.41) is 8.07. The van der Waals surface area contributed by atoms with Crippen molar-refractivity contribution in [2.24, 2.45) is 11.8 Å². The molecule has 0 heteroatoms. The van der Waals surface area contributed by atoms with Crippen LogP contribution in [0.1, 0.15) is 55.5 Å². The molecule has 0 saturated heterocycles. The monoisotopic (exact) mass is 630 g/mol. The molecule has 2 atom stereocenters. The molecule has 2 unspecified atom stereocenters. The molecule has 49 heavy (non-hydrogen) atoms. The highest BCUT2D eigenvalue weighted by molar-refractivity contribution is 6.25. The predicted molar refractivity (Wildman–Crippen MR) is 208 cm³/mol. The predicted octanol–water partition coefficient (Wildman–Crippen LogP) is 12.5. The summed E-state index contributed by atoms with van der Waals surface area (Å²) in [6, 6.07) is 56.5. The average Bonchev–Trinajstić information content (AvgIpc) is 3.15. The van der Waals surface area contributed by atoms with Crippen molar-refractivity contribution in [3.63, 3.8) is 0 Å². The van der Waals surface area contributed by atoms with E-state index in [9.17, 15) is 0 Å². The first-order valence-corrected chi connectivity index (χ1v) is 17.8. The van der Waals surface area contributed by atoms with E-state index >= 15 is 0 Å². The van der Waals surface area contributed by atoms with Gasteiger partial charge in [-0.1, -0.05) is 185 Å². The second-order valence-electron chi connectivity index (χ2n) is 15.4. The second kappa shape index (κ2) is 10.9. The summed E-state index contributed by atoms with van der Waals surface area (Å²) in [6.07, 6.45) is 7.71. The fraction of sp³-hybridized carbons (Fsp3) is 0.184. The van der Waals surface area contributed by atoms with E-state index in [0.29, 0.717) is 11.8 Å². The van der Waals surface area contributed by atoms with Crippen LogP contribution in [-0.4, -0.2) is 0 Å². The van der Waals surface area contributed by atoms with Crippen LogP contribution in [0.5, 0.6) is 0 Å². The zero-order chi connectivity index (χ0) is 33.4. The van der Waals surface area contributed by atoms with Gasteiger partial charge in [0.1, 0.15) is 0 Å².